The minimum atomic E-state index is 0.413. The van der Waals surface area contributed by atoms with Gasteiger partial charge in [-0.15, -0.1) is 0 Å². The molecule has 0 aromatic heterocycles. The molecule has 1 aromatic carbocycles. The third-order valence-corrected chi connectivity index (χ3v) is 6.55. The van der Waals surface area contributed by atoms with Gasteiger partial charge in [-0.05, 0) is 33.4 Å². The molecule has 1 saturated carbocycles. The monoisotopic (exact) mass is 308 g/mol. The Bertz CT molecular complexity index is 476. The molecule has 1 nitrogen and oxygen atoms in total. The molecule has 2 aliphatic rings. The van der Waals surface area contributed by atoms with E-state index in [2.05, 4.69) is 61.8 Å². The molecule has 1 aliphatic heterocycles. The highest BCUT2D eigenvalue weighted by atomic mass is 79.9. The van der Waals surface area contributed by atoms with E-state index in [0.29, 0.717) is 21.6 Å². The summed E-state index contributed by atoms with van der Waals surface area (Å²) in [4.78, 5) is 0.452. The molecule has 0 N–H and O–H groups in total. The zero-order chi connectivity index (χ0) is 13.1. The highest BCUT2D eigenvalue weighted by Gasteiger charge is 2.66. The van der Waals surface area contributed by atoms with E-state index in [0.717, 1.165) is 13.2 Å². The molecule has 0 radical (unpaired) electrons. The highest BCUT2D eigenvalue weighted by Crippen LogP contribution is 2.73. The maximum absolute atomic E-state index is 5.49. The number of fused-ring (bicyclic) bond motifs is 1. The minimum Gasteiger partial charge on any atom is -0.372 e. The van der Waals surface area contributed by atoms with Crippen LogP contribution in [0.4, 0.5) is 0 Å². The van der Waals surface area contributed by atoms with E-state index in [-0.39, 0.29) is 0 Å². The van der Waals surface area contributed by atoms with Crippen LogP contribution in [0.15, 0.2) is 18.2 Å². The molecule has 1 fully saturated rings. The van der Waals surface area contributed by atoms with Crippen LogP contribution in [0, 0.1) is 16.7 Å². The summed E-state index contributed by atoms with van der Waals surface area (Å²) in [7, 11) is 0. The van der Waals surface area contributed by atoms with E-state index in [4.69, 9.17) is 4.74 Å². The summed E-state index contributed by atoms with van der Waals surface area (Å²) < 4.78 is 5.49. The van der Waals surface area contributed by atoms with Crippen molar-refractivity contribution in [3.05, 3.63) is 34.9 Å². The van der Waals surface area contributed by atoms with Crippen molar-refractivity contribution in [1.29, 1.82) is 0 Å². The SMILES string of the molecule is CC1(C)C(C(Br)c2ccc3c(c2)COC3)C1(C)C. The van der Waals surface area contributed by atoms with Crippen molar-refractivity contribution in [3.8, 4) is 0 Å². The molecular formula is C16H21BrO. The first-order valence-corrected chi connectivity index (χ1v) is 7.61. The third-order valence-electron chi connectivity index (χ3n) is 5.49. The van der Waals surface area contributed by atoms with Crippen LogP contribution in [0.3, 0.4) is 0 Å². The summed E-state index contributed by atoms with van der Waals surface area (Å²) >= 11 is 3.93. The molecule has 1 unspecified atom stereocenters. The molecule has 1 atom stereocenters. The number of alkyl halides is 1. The minimum absolute atomic E-state index is 0.413. The van der Waals surface area contributed by atoms with E-state index in [1.807, 2.05) is 0 Å². The van der Waals surface area contributed by atoms with Gasteiger partial charge in [0.1, 0.15) is 0 Å². The van der Waals surface area contributed by atoms with Crippen molar-refractivity contribution in [2.45, 2.75) is 45.7 Å². The van der Waals surface area contributed by atoms with Crippen LogP contribution in [0.2, 0.25) is 0 Å². The predicted molar refractivity (Wildman–Crippen MR) is 77.7 cm³/mol. The van der Waals surface area contributed by atoms with Crippen molar-refractivity contribution in [2.75, 3.05) is 0 Å². The summed E-state index contributed by atoms with van der Waals surface area (Å²) in [6, 6.07) is 6.82. The van der Waals surface area contributed by atoms with Crippen molar-refractivity contribution in [3.63, 3.8) is 0 Å². The molecule has 2 heteroatoms. The maximum Gasteiger partial charge on any atom is 0.0725 e. The molecule has 1 aromatic rings. The molecule has 0 bridgehead atoms. The molecule has 1 aliphatic carbocycles. The Morgan fingerprint density at radius 3 is 2.33 bits per heavy atom. The molecule has 98 valence electrons. The van der Waals surface area contributed by atoms with E-state index in [9.17, 15) is 0 Å². The second-order valence-corrected chi connectivity index (χ2v) is 7.83. The van der Waals surface area contributed by atoms with E-state index in [1.54, 1.807) is 0 Å². The molecule has 1 heterocycles. The first-order valence-electron chi connectivity index (χ1n) is 6.69. The Morgan fingerprint density at radius 2 is 1.72 bits per heavy atom. The van der Waals surface area contributed by atoms with Gasteiger partial charge in [-0.25, -0.2) is 0 Å². The molecular weight excluding hydrogens is 288 g/mol. The van der Waals surface area contributed by atoms with Crippen LogP contribution < -0.4 is 0 Å². The lowest BCUT2D eigenvalue weighted by Crippen LogP contribution is -2.00. The van der Waals surface area contributed by atoms with Gasteiger partial charge in [-0.1, -0.05) is 61.8 Å². The molecule has 0 saturated heterocycles. The van der Waals surface area contributed by atoms with Gasteiger partial charge in [0.25, 0.3) is 0 Å². The van der Waals surface area contributed by atoms with Crippen molar-refractivity contribution >= 4 is 15.9 Å². The van der Waals surface area contributed by atoms with Gasteiger partial charge in [0.15, 0.2) is 0 Å². The van der Waals surface area contributed by atoms with Gasteiger partial charge in [0.05, 0.1) is 13.2 Å². The Balaban J connectivity index is 1.88. The first kappa shape index (κ1) is 12.7. The summed E-state index contributed by atoms with van der Waals surface area (Å²) in [5.41, 5.74) is 4.96. The first-order chi connectivity index (χ1) is 8.35. The smallest absolute Gasteiger partial charge is 0.0725 e. The maximum atomic E-state index is 5.49. The second-order valence-electron chi connectivity index (χ2n) is 6.84. The van der Waals surface area contributed by atoms with Gasteiger partial charge in [0.2, 0.25) is 0 Å². The van der Waals surface area contributed by atoms with Gasteiger partial charge in [0, 0.05) is 4.83 Å². The van der Waals surface area contributed by atoms with Crippen LogP contribution in [0.25, 0.3) is 0 Å². The average molecular weight is 309 g/mol. The number of halogens is 1. The fraction of sp³-hybridized carbons (Fsp3) is 0.625. The second kappa shape index (κ2) is 3.83. The Kier molecular flexibility index (Phi) is 2.70. The quantitative estimate of drug-likeness (QED) is 0.711. The van der Waals surface area contributed by atoms with E-state index >= 15 is 0 Å². The third kappa shape index (κ3) is 1.61. The number of ether oxygens (including phenoxy) is 1. The summed E-state index contributed by atoms with van der Waals surface area (Å²) in [5.74, 6) is 0.699. The zero-order valence-electron chi connectivity index (χ0n) is 11.6. The summed E-state index contributed by atoms with van der Waals surface area (Å²) in [5, 5.41) is 0. The van der Waals surface area contributed by atoms with Crippen LogP contribution in [-0.4, -0.2) is 0 Å². The standard InChI is InChI=1S/C16H21BrO/c1-15(2)14(16(15,3)4)13(17)10-5-6-11-8-18-9-12(11)7-10/h5-7,13-14H,8-9H2,1-4H3. The Labute approximate surface area is 118 Å². The zero-order valence-corrected chi connectivity index (χ0v) is 13.2. The van der Waals surface area contributed by atoms with Crippen molar-refractivity contribution in [2.24, 2.45) is 16.7 Å². The normalized spacial score (nSPS) is 25.8. The Morgan fingerprint density at radius 1 is 1.11 bits per heavy atom. The van der Waals surface area contributed by atoms with Crippen LogP contribution in [0.1, 0.15) is 49.2 Å². The molecule has 18 heavy (non-hydrogen) atoms. The number of hydrogen-bond acceptors (Lipinski definition) is 1. The van der Waals surface area contributed by atoms with Gasteiger partial charge in [-0.3, -0.25) is 0 Å². The lowest BCUT2D eigenvalue weighted by molar-refractivity contribution is 0.134. The summed E-state index contributed by atoms with van der Waals surface area (Å²) in [6.45, 7) is 11.1. The number of hydrogen-bond donors (Lipinski definition) is 0. The number of benzene rings is 1. The van der Waals surface area contributed by atoms with E-state index in [1.165, 1.54) is 16.7 Å². The van der Waals surface area contributed by atoms with Gasteiger partial charge in [-0.2, -0.15) is 0 Å². The largest absolute Gasteiger partial charge is 0.372 e. The van der Waals surface area contributed by atoms with Gasteiger partial charge < -0.3 is 4.74 Å². The number of rotatable bonds is 2. The molecule has 3 rings (SSSR count). The van der Waals surface area contributed by atoms with Crippen LogP contribution in [-0.2, 0) is 18.0 Å². The predicted octanol–water partition coefficient (Wildman–Crippen LogP) is 4.84. The Hall–Kier alpha value is -0.340. The average Bonchev–Trinajstić information content (AvgIpc) is 2.69. The molecule has 0 amide bonds. The topological polar surface area (TPSA) is 9.23 Å². The summed E-state index contributed by atoms with van der Waals surface area (Å²) in [6.07, 6.45) is 0. The van der Waals surface area contributed by atoms with Crippen LogP contribution in [0.5, 0.6) is 0 Å². The molecule has 0 spiro atoms. The van der Waals surface area contributed by atoms with Crippen LogP contribution >= 0.6 is 15.9 Å². The lowest BCUT2D eigenvalue weighted by atomic mass is 9.99. The van der Waals surface area contributed by atoms with Gasteiger partial charge >= 0.3 is 0 Å². The fourth-order valence-corrected chi connectivity index (χ4v) is 5.14. The van der Waals surface area contributed by atoms with Crippen molar-refractivity contribution < 1.29 is 4.74 Å². The lowest BCUT2D eigenvalue weighted by Gasteiger charge is -2.13. The van der Waals surface area contributed by atoms with E-state index < -0.39 is 0 Å². The highest BCUT2D eigenvalue weighted by molar-refractivity contribution is 9.09. The fourth-order valence-electron chi connectivity index (χ4n) is 3.54. The van der Waals surface area contributed by atoms with Crippen molar-refractivity contribution in [1.82, 2.24) is 0 Å².